The number of hydrogen-bond donors (Lipinski definition) is 1. The van der Waals surface area contributed by atoms with Gasteiger partial charge in [0.25, 0.3) is 5.91 Å². The van der Waals surface area contributed by atoms with Crippen molar-refractivity contribution in [3.05, 3.63) is 117 Å². The molecule has 0 fully saturated rings. The molecule has 4 aromatic carbocycles. The Morgan fingerprint density at radius 2 is 1.59 bits per heavy atom. The Morgan fingerprint density at radius 1 is 0.829 bits per heavy atom. The minimum Gasteiger partial charge on any atom is -0.493 e. The van der Waals surface area contributed by atoms with Crippen LogP contribution >= 0.6 is 23.2 Å². The van der Waals surface area contributed by atoms with Gasteiger partial charge in [0, 0.05) is 10.7 Å². The van der Waals surface area contributed by atoms with Crippen LogP contribution in [0.3, 0.4) is 0 Å². The zero-order chi connectivity index (χ0) is 29.2. The SMILES string of the molecule is COc1cc(COc2c(Cl)cc(/C=C(/C#N)C(=O)Nc3cccc(Cl)c3)cc2OC)ccc1OCc1ccccc1. The summed E-state index contributed by atoms with van der Waals surface area (Å²) >= 11 is 12.5. The molecule has 0 bridgehead atoms. The minimum absolute atomic E-state index is 0.126. The van der Waals surface area contributed by atoms with Gasteiger partial charge in [-0.1, -0.05) is 65.7 Å². The Kier molecular flexibility index (Phi) is 10.1. The molecule has 41 heavy (non-hydrogen) atoms. The lowest BCUT2D eigenvalue weighted by Gasteiger charge is -2.15. The molecule has 1 amide bonds. The number of carbonyl (C=O) groups is 1. The van der Waals surface area contributed by atoms with Crippen molar-refractivity contribution in [2.75, 3.05) is 19.5 Å². The van der Waals surface area contributed by atoms with Crippen LogP contribution in [-0.4, -0.2) is 20.1 Å². The van der Waals surface area contributed by atoms with E-state index in [0.29, 0.717) is 45.9 Å². The highest BCUT2D eigenvalue weighted by Gasteiger charge is 2.15. The smallest absolute Gasteiger partial charge is 0.266 e. The van der Waals surface area contributed by atoms with Gasteiger partial charge in [-0.05, 0) is 65.2 Å². The van der Waals surface area contributed by atoms with Crippen LogP contribution in [0.1, 0.15) is 16.7 Å². The fraction of sp³-hybridized carbons (Fsp3) is 0.125. The quantitative estimate of drug-likeness (QED) is 0.142. The van der Waals surface area contributed by atoms with Crippen LogP contribution in [-0.2, 0) is 18.0 Å². The Hall–Kier alpha value is -4.64. The summed E-state index contributed by atoms with van der Waals surface area (Å²) in [5.74, 6) is 1.25. The highest BCUT2D eigenvalue weighted by atomic mass is 35.5. The molecule has 0 saturated carbocycles. The second kappa shape index (κ2) is 14.1. The molecule has 0 heterocycles. The van der Waals surface area contributed by atoms with Gasteiger partial charge >= 0.3 is 0 Å². The van der Waals surface area contributed by atoms with Gasteiger partial charge in [0.05, 0.1) is 19.2 Å². The zero-order valence-corrected chi connectivity index (χ0v) is 23.8. The van der Waals surface area contributed by atoms with E-state index < -0.39 is 5.91 Å². The molecular formula is C32H26Cl2N2O5. The molecule has 0 saturated heterocycles. The normalized spacial score (nSPS) is 10.9. The fourth-order valence-corrected chi connectivity index (χ4v) is 4.32. The van der Waals surface area contributed by atoms with Crippen LogP contribution in [0.15, 0.2) is 90.5 Å². The van der Waals surface area contributed by atoms with Crippen molar-refractivity contribution in [3.63, 3.8) is 0 Å². The summed E-state index contributed by atoms with van der Waals surface area (Å²) in [4.78, 5) is 12.7. The third-order valence-corrected chi connectivity index (χ3v) is 6.37. The third-order valence-electron chi connectivity index (χ3n) is 5.86. The van der Waals surface area contributed by atoms with E-state index in [2.05, 4.69) is 5.32 Å². The first-order valence-electron chi connectivity index (χ1n) is 12.4. The molecule has 0 atom stereocenters. The molecule has 4 rings (SSSR count). The second-order valence-corrected chi connectivity index (χ2v) is 9.56. The average molecular weight is 589 g/mol. The molecule has 0 aromatic heterocycles. The number of benzene rings is 4. The summed E-state index contributed by atoms with van der Waals surface area (Å²) in [6.45, 7) is 0.586. The summed E-state index contributed by atoms with van der Waals surface area (Å²) in [6, 6.07) is 27.2. The van der Waals surface area contributed by atoms with Gasteiger partial charge in [-0.25, -0.2) is 0 Å². The van der Waals surface area contributed by atoms with Crippen molar-refractivity contribution in [1.82, 2.24) is 0 Å². The van der Waals surface area contributed by atoms with Crippen molar-refractivity contribution in [2.24, 2.45) is 0 Å². The topological polar surface area (TPSA) is 89.8 Å². The van der Waals surface area contributed by atoms with E-state index in [4.69, 9.17) is 42.1 Å². The van der Waals surface area contributed by atoms with Crippen LogP contribution < -0.4 is 24.3 Å². The number of carbonyl (C=O) groups excluding carboxylic acids is 1. The fourth-order valence-electron chi connectivity index (χ4n) is 3.85. The van der Waals surface area contributed by atoms with Crippen molar-refractivity contribution >= 4 is 40.9 Å². The molecule has 0 aliphatic heterocycles. The van der Waals surface area contributed by atoms with E-state index in [9.17, 15) is 10.1 Å². The van der Waals surface area contributed by atoms with Crippen molar-refractivity contribution in [2.45, 2.75) is 13.2 Å². The zero-order valence-electron chi connectivity index (χ0n) is 22.3. The van der Waals surface area contributed by atoms with Crippen molar-refractivity contribution < 1.29 is 23.7 Å². The number of ether oxygens (including phenoxy) is 4. The van der Waals surface area contributed by atoms with Crippen molar-refractivity contribution in [3.8, 4) is 29.1 Å². The van der Waals surface area contributed by atoms with Gasteiger partial charge in [-0.3, -0.25) is 4.79 Å². The summed E-state index contributed by atoms with van der Waals surface area (Å²) in [5.41, 5.74) is 2.69. The maximum absolute atomic E-state index is 12.7. The Morgan fingerprint density at radius 3 is 2.29 bits per heavy atom. The standard InChI is InChI=1S/C32H26Cl2N2O5/c1-38-29-15-22(11-12-28(29)40-19-21-7-4-3-5-8-21)20-41-31-27(34)14-23(16-30(31)39-2)13-24(18-35)32(37)36-26-10-6-9-25(33)17-26/h3-17H,19-20H2,1-2H3,(H,36,37)/b24-13-. The number of nitriles is 1. The van der Waals surface area contributed by atoms with E-state index in [1.807, 2.05) is 54.6 Å². The number of nitrogens with one attached hydrogen (secondary N) is 1. The maximum Gasteiger partial charge on any atom is 0.266 e. The van der Waals surface area contributed by atoms with E-state index in [0.717, 1.165) is 11.1 Å². The lowest BCUT2D eigenvalue weighted by atomic mass is 10.1. The number of amides is 1. The van der Waals surface area contributed by atoms with Gasteiger partial charge in [0.2, 0.25) is 0 Å². The van der Waals surface area contributed by atoms with Crippen LogP contribution in [0.2, 0.25) is 10.0 Å². The molecule has 9 heteroatoms. The van der Waals surface area contributed by atoms with Crippen LogP contribution in [0.25, 0.3) is 6.08 Å². The van der Waals surface area contributed by atoms with E-state index >= 15 is 0 Å². The predicted octanol–water partition coefficient (Wildman–Crippen LogP) is 7.71. The molecular weight excluding hydrogens is 563 g/mol. The van der Waals surface area contributed by atoms with Gasteiger partial charge in [-0.2, -0.15) is 5.26 Å². The average Bonchev–Trinajstić information content (AvgIpc) is 2.98. The molecule has 7 nitrogen and oxygen atoms in total. The Bertz CT molecular complexity index is 1600. The molecule has 1 N–H and O–H groups in total. The number of rotatable bonds is 11. The molecule has 0 spiro atoms. The summed E-state index contributed by atoms with van der Waals surface area (Å²) < 4.78 is 22.9. The van der Waals surface area contributed by atoms with Gasteiger partial charge in [0.1, 0.15) is 24.9 Å². The van der Waals surface area contributed by atoms with Crippen LogP contribution in [0.4, 0.5) is 5.69 Å². The lowest BCUT2D eigenvalue weighted by Crippen LogP contribution is -2.13. The van der Waals surface area contributed by atoms with E-state index in [-0.39, 0.29) is 17.2 Å². The maximum atomic E-state index is 12.7. The summed E-state index contributed by atoms with van der Waals surface area (Å²) in [6.07, 6.45) is 1.41. The monoisotopic (exact) mass is 588 g/mol. The van der Waals surface area contributed by atoms with Crippen LogP contribution in [0.5, 0.6) is 23.0 Å². The number of nitrogens with zero attached hydrogens (tertiary/aromatic N) is 1. The van der Waals surface area contributed by atoms with Gasteiger partial charge in [0.15, 0.2) is 23.0 Å². The first-order chi connectivity index (χ1) is 19.9. The first kappa shape index (κ1) is 29.3. The molecule has 4 aromatic rings. The van der Waals surface area contributed by atoms with E-state index in [1.54, 1.807) is 43.5 Å². The Balaban J connectivity index is 1.47. The Labute approximate surface area is 248 Å². The largest absolute Gasteiger partial charge is 0.493 e. The first-order valence-corrected chi connectivity index (χ1v) is 13.2. The molecule has 0 radical (unpaired) electrons. The van der Waals surface area contributed by atoms with Crippen LogP contribution in [0, 0.1) is 11.3 Å². The number of halogens is 2. The molecule has 0 unspecified atom stereocenters. The highest BCUT2D eigenvalue weighted by molar-refractivity contribution is 6.32. The number of anilines is 1. The third kappa shape index (κ3) is 7.95. The van der Waals surface area contributed by atoms with Gasteiger partial charge < -0.3 is 24.3 Å². The van der Waals surface area contributed by atoms with Gasteiger partial charge in [-0.15, -0.1) is 0 Å². The van der Waals surface area contributed by atoms with E-state index in [1.165, 1.54) is 13.2 Å². The highest BCUT2D eigenvalue weighted by Crippen LogP contribution is 2.38. The molecule has 0 aliphatic carbocycles. The molecule has 208 valence electrons. The number of methoxy groups -OCH3 is 2. The number of hydrogen-bond acceptors (Lipinski definition) is 6. The predicted molar refractivity (Wildman–Crippen MR) is 160 cm³/mol. The summed E-state index contributed by atoms with van der Waals surface area (Å²) in [7, 11) is 3.05. The molecule has 0 aliphatic rings. The second-order valence-electron chi connectivity index (χ2n) is 8.72. The lowest BCUT2D eigenvalue weighted by molar-refractivity contribution is -0.112. The minimum atomic E-state index is -0.588. The van der Waals surface area contributed by atoms with Crippen molar-refractivity contribution in [1.29, 1.82) is 5.26 Å². The summed E-state index contributed by atoms with van der Waals surface area (Å²) in [5, 5.41) is 13.0.